The molecule has 2 rings (SSSR count). The van der Waals surface area contributed by atoms with Crippen LogP contribution in [0.15, 0.2) is 53.4 Å². The van der Waals surface area contributed by atoms with E-state index in [4.69, 9.17) is 0 Å². The third kappa shape index (κ3) is 4.06. The molecule has 0 spiro atoms. The summed E-state index contributed by atoms with van der Waals surface area (Å²) < 4.78 is 0. The number of nitrogens with zero attached hydrogens (tertiary/aromatic N) is 1. The molecule has 0 fully saturated rings. The Bertz CT molecular complexity index is 673. The molecular weight excluding hydrogens is 288 g/mol. The molecule has 0 atom stereocenters. The van der Waals surface area contributed by atoms with Crippen LogP contribution in [0.25, 0.3) is 0 Å². The summed E-state index contributed by atoms with van der Waals surface area (Å²) in [6, 6.07) is 14.1. The van der Waals surface area contributed by atoms with Crippen LogP contribution in [0.2, 0.25) is 0 Å². The molecule has 2 aromatic rings. The zero-order valence-corrected chi connectivity index (χ0v) is 12.2. The van der Waals surface area contributed by atoms with Crippen LogP contribution < -0.4 is 5.32 Å². The van der Waals surface area contributed by atoms with Crippen LogP contribution in [-0.2, 0) is 10.5 Å². The van der Waals surface area contributed by atoms with Crippen LogP contribution in [0.5, 0.6) is 0 Å². The van der Waals surface area contributed by atoms with Crippen molar-refractivity contribution in [3.63, 3.8) is 0 Å². The van der Waals surface area contributed by atoms with E-state index in [1.165, 1.54) is 24.8 Å². The summed E-state index contributed by atoms with van der Waals surface area (Å²) in [7, 11) is 0. The summed E-state index contributed by atoms with van der Waals surface area (Å²) in [6.07, 6.45) is 0. The fraction of sp³-hybridized carbons (Fsp3) is 0.133. The van der Waals surface area contributed by atoms with Gasteiger partial charge in [-0.25, -0.2) is 0 Å². The molecule has 6 heteroatoms. The molecule has 108 valence electrons. The highest BCUT2D eigenvalue weighted by atomic mass is 32.2. The van der Waals surface area contributed by atoms with Crippen LogP contribution in [0, 0.1) is 10.1 Å². The first-order valence-corrected chi connectivity index (χ1v) is 7.28. The Balaban J connectivity index is 2.17. The number of amides is 1. The van der Waals surface area contributed by atoms with Crippen molar-refractivity contribution in [2.24, 2.45) is 0 Å². The number of hydrogen-bond acceptors (Lipinski definition) is 4. The minimum Gasteiger partial charge on any atom is -0.325 e. The molecule has 0 saturated carbocycles. The minimum absolute atomic E-state index is 0.113. The number of thioether (sulfide) groups is 1. The van der Waals surface area contributed by atoms with E-state index in [0.717, 1.165) is 4.90 Å². The SMILES string of the molecule is CC(=O)Nc1ccccc1SCc1ccccc1[N+](=O)[O-]. The van der Waals surface area contributed by atoms with Gasteiger partial charge in [0.1, 0.15) is 0 Å². The third-order valence-electron chi connectivity index (χ3n) is 2.77. The molecule has 21 heavy (non-hydrogen) atoms. The number of carbonyl (C=O) groups is 1. The average molecular weight is 302 g/mol. The Morgan fingerprint density at radius 1 is 1.19 bits per heavy atom. The number of hydrogen-bond donors (Lipinski definition) is 1. The Hall–Kier alpha value is -2.34. The smallest absolute Gasteiger partial charge is 0.273 e. The number of nitro benzene ring substituents is 1. The zero-order valence-electron chi connectivity index (χ0n) is 11.4. The largest absolute Gasteiger partial charge is 0.325 e. The maximum Gasteiger partial charge on any atom is 0.273 e. The first-order chi connectivity index (χ1) is 10.1. The Morgan fingerprint density at radius 2 is 1.86 bits per heavy atom. The number of anilines is 1. The predicted octanol–water partition coefficient (Wildman–Crippen LogP) is 3.85. The van der Waals surface area contributed by atoms with Crippen molar-refractivity contribution < 1.29 is 9.72 Å². The number of nitro groups is 1. The average Bonchev–Trinajstić information content (AvgIpc) is 2.46. The molecule has 0 heterocycles. The Kier molecular flexibility index (Phi) is 4.94. The quantitative estimate of drug-likeness (QED) is 0.517. The fourth-order valence-electron chi connectivity index (χ4n) is 1.85. The molecule has 0 aliphatic carbocycles. The van der Waals surface area contributed by atoms with Crippen molar-refractivity contribution in [3.05, 3.63) is 64.2 Å². The summed E-state index contributed by atoms with van der Waals surface area (Å²) in [5, 5.41) is 13.7. The van der Waals surface area contributed by atoms with E-state index in [0.29, 0.717) is 17.0 Å². The van der Waals surface area contributed by atoms with Crippen molar-refractivity contribution in [2.45, 2.75) is 17.6 Å². The minimum atomic E-state index is -0.379. The van der Waals surface area contributed by atoms with Crippen LogP contribution in [0.1, 0.15) is 12.5 Å². The molecule has 0 aliphatic rings. The molecule has 1 N–H and O–H groups in total. The molecule has 0 saturated heterocycles. The molecule has 0 bridgehead atoms. The highest BCUT2D eigenvalue weighted by Crippen LogP contribution is 2.32. The zero-order chi connectivity index (χ0) is 15.2. The molecule has 1 amide bonds. The van der Waals surface area contributed by atoms with Gasteiger partial charge in [0.15, 0.2) is 0 Å². The number of benzene rings is 2. The van der Waals surface area contributed by atoms with Gasteiger partial charge in [0, 0.05) is 29.2 Å². The fourth-order valence-corrected chi connectivity index (χ4v) is 2.86. The van der Waals surface area contributed by atoms with Gasteiger partial charge in [-0.05, 0) is 12.1 Å². The van der Waals surface area contributed by atoms with Gasteiger partial charge in [-0.3, -0.25) is 14.9 Å². The van der Waals surface area contributed by atoms with Gasteiger partial charge in [0.2, 0.25) is 5.91 Å². The second-order valence-corrected chi connectivity index (χ2v) is 5.37. The van der Waals surface area contributed by atoms with Gasteiger partial charge in [0.25, 0.3) is 5.69 Å². The first kappa shape index (κ1) is 15.1. The summed E-state index contributed by atoms with van der Waals surface area (Å²) >= 11 is 1.45. The van der Waals surface area contributed by atoms with E-state index in [-0.39, 0.29) is 16.5 Å². The maximum absolute atomic E-state index is 11.2. The summed E-state index contributed by atoms with van der Waals surface area (Å²) in [5.41, 5.74) is 1.49. The molecule has 5 nitrogen and oxygen atoms in total. The van der Waals surface area contributed by atoms with Gasteiger partial charge in [-0.1, -0.05) is 30.3 Å². The first-order valence-electron chi connectivity index (χ1n) is 6.29. The van der Waals surface area contributed by atoms with Gasteiger partial charge < -0.3 is 5.32 Å². The number of para-hydroxylation sites is 2. The number of nitrogens with one attached hydrogen (secondary N) is 1. The Labute approximate surface area is 126 Å². The summed E-state index contributed by atoms with van der Waals surface area (Å²) in [6.45, 7) is 1.45. The summed E-state index contributed by atoms with van der Waals surface area (Å²) in [5.74, 6) is 0.321. The van der Waals surface area contributed by atoms with E-state index in [9.17, 15) is 14.9 Å². The van der Waals surface area contributed by atoms with Gasteiger partial charge >= 0.3 is 0 Å². The topological polar surface area (TPSA) is 72.2 Å². The maximum atomic E-state index is 11.2. The van der Waals surface area contributed by atoms with Crippen LogP contribution in [-0.4, -0.2) is 10.8 Å². The van der Waals surface area contributed by atoms with Crippen molar-refractivity contribution in [1.82, 2.24) is 0 Å². The molecule has 0 radical (unpaired) electrons. The van der Waals surface area contributed by atoms with Crippen molar-refractivity contribution in [2.75, 3.05) is 5.32 Å². The molecule has 2 aromatic carbocycles. The molecule has 0 aliphatic heterocycles. The van der Waals surface area contributed by atoms with E-state index < -0.39 is 0 Å². The lowest BCUT2D eigenvalue weighted by Crippen LogP contribution is -2.06. The van der Waals surface area contributed by atoms with E-state index in [2.05, 4.69) is 5.32 Å². The highest BCUT2D eigenvalue weighted by Gasteiger charge is 2.13. The molecular formula is C15H14N2O3S. The van der Waals surface area contributed by atoms with E-state index >= 15 is 0 Å². The van der Waals surface area contributed by atoms with Crippen LogP contribution in [0.4, 0.5) is 11.4 Å². The third-order valence-corrected chi connectivity index (χ3v) is 3.89. The van der Waals surface area contributed by atoms with E-state index in [1.54, 1.807) is 18.2 Å². The van der Waals surface area contributed by atoms with Crippen molar-refractivity contribution in [3.8, 4) is 0 Å². The standard InChI is InChI=1S/C15H14N2O3S/c1-11(18)16-13-7-3-5-9-15(13)21-10-12-6-2-4-8-14(12)17(19)20/h2-9H,10H2,1H3,(H,16,18). The van der Waals surface area contributed by atoms with Gasteiger partial charge in [-0.2, -0.15) is 0 Å². The second-order valence-electron chi connectivity index (χ2n) is 4.35. The number of rotatable bonds is 5. The summed E-state index contributed by atoms with van der Waals surface area (Å²) in [4.78, 5) is 22.7. The number of carbonyl (C=O) groups excluding carboxylic acids is 1. The molecule has 0 unspecified atom stereocenters. The van der Waals surface area contributed by atoms with Crippen molar-refractivity contribution in [1.29, 1.82) is 0 Å². The monoisotopic (exact) mass is 302 g/mol. The molecule has 0 aromatic heterocycles. The normalized spacial score (nSPS) is 10.1. The van der Waals surface area contributed by atoms with Crippen LogP contribution in [0.3, 0.4) is 0 Å². The second kappa shape index (κ2) is 6.90. The lowest BCUT2D eigenvalue weighted by atomic mass is 10.2. The van der Waals surface area contributed by atoms with Crippen molar-refractivity contribution >= 4 is 29.0 Å². The Morgan fingerprint density at radius 3 is 2.57 bits per heavy atom. The van der Waals surface area contributed by atoms with Gasteiger partial charge in [-0.15, -0.1) is 11.8 Å². The lowest BCUT2D eigenvalue weighted by molar-refractivity contribution is -0.385. The lowest BCUT2D eigenvalue weighted by Gasteiger charge is -2.09. The van der Waals surface area contributed by atoms with Gasteiger partial charge in [0.05, 0.1) is 10.6 Å². The van der Waals surface area contributed by atoms with E-state index in [1.807, 2.05) is 24.3 Å². The van der Waals surface area contributed by atoms with Crippen LogP contribution >= 0.6 is 11.8 Å². The predicted molar refractivity (Wildman–Crippen MR) is 83.4 cm³/mol. The highest BCUT2D eigenvalue weighted by molar-refractivity contribution is 7.98.